The van der Waals surface area contributed by atoms with Crippen molar-refractivity contribution >= 4 is 17.3 Å². The number of halogens is 1. The van der Waals surface area contributed by atoms with E-state index in [0.717, 1.165) is 5.56 Å². The lowest BCUT2D eigenvalue weighted by molar-refractivity contribution is -0.139. The minimum absolute atomic E-state index is 0.0622. The molecule has 1 atom stereocenters. The second kappa shape index (κ2) is 6.60. The Hall–Kier alpha value is -2.05. The van der Waals surface area contributed by atoms with E-state index in [9.17, 15) is 14.3 Å². The lowest BCUT2D eigenvalue weighted by Gasteiger charge is -2.10. The van der Waals surface area contributed by atoms with Crippen LogP contribution in [0.5, 0.6) is 0 Å². The molecular weight excluding hydrogens is 293 g/mol. The zero-order valence-corrected chi connectivity index (χ0v) is 12.2. The van der Waals surface area contributed by atoms with E-state index in [0.29, 0.717) is 10.7 Å². The number of aromatic nitrogens is 1. The van der Waals surface area contributed by atoms with Crippen LogP contribution in [0, 0.1) is 5.82 Å². The number of esters is 1. The number of benzene rings is 1. The van der Waals surface area contributed by atoms with Gasteiger partial charge in [0.25, 0.3) is 0 Å². The van der Waals surface area contributed by atoms with Crippen LogP contribution >= 0.6 is 11.3 Å². The third-order valence-corrected chi connectivity index (χ3v) is 3.67. The highest BCUT2D eigenvalue weighted by Crippen LogP contribution is 2.29. The molecule has 1 unspecified atom stereocenters. The molecule has 110 valence electrons. The van der Waals surface area contributed by atoms with Crippen LogP contribution in [0.3, 0.4) is 0 Å². The molecule has 0 fully saturated rings. The van der Waals surface area contributed by atoms with Crippen LogP contribution in [0.25, 0.3) is 10.6 Å². The van der Waals surface area contributed by atoms with Gasteiger partial charge in [0.05, 0.1) is 17.9 Å². The van der Waals surface area contributed by atoms with Crippen molar-refractivity contribution in [2.45, 2.75) is 13.0 Å². The van der Waals surface area contributed by atoms with E-state index >= 15 is 0 Å². The number of hydrogen-bond acceptors (Lipinski definition) is 5. The third kappa shape index (κ3) is 3.53. The van der Waals surface area contributed by atoms with Gasteiger partial charge in [0.2, 0.25) is 0 Å². The first-order valence-electron chi connectivity index (χ1n) is 6.28. The molecule has 1 aromatic carbocycles. The van der Waals surface area contributed by atoms with E-state index < -0.39 is 12.1 Å². The summed E-state index contributed by atoms with van der Waals surface area (Å²) in [5.74, 6) is -0.979. The molecule has 4 nitrogen and oxygen atoms in total. The van der Waals surface area contributed by atoms with E-state index in [-0.39, 0.29) is 18.0 Å². The molecule has 0 radical (unpaired) electrons. The predicted octanol–water partition coefficient (Wildman–Crippen LogP) is 3.10. The summed E-state index contributed by atoms with van der Waals surface area (Å²) in [6, 6.07) is 5.88. The molecule has 6 heteroatoms. The topological polar surface area (TPSA) is 59.4 Å². The third-order valence-electron chi connectivity index (χ3n) is 2.76. The molecule has 0 saturated heterocycles. The van der Waals surface area contributed by atoms with Crippen LogP contribution in [-0.2, 0) is 9.53 Å². The summed E-state index contributed by atoms with van der Waals surface area (Å²) in [6.07, 6.45) is -1.21. The van der Waals surface area contributed by atoms with E-state index in [1.54, 1.807) is 24.4 Å². The number of nitrogens with zero attached hydrogens (tertiary/aromatic N) is 1. The van der Waals surface area contributed by atoms with Gasteiger partial charge in [-0.1, -0.05) is 6.58 Å². The van der Waals surface area contributed by atoms with Gasteiger partial charge in [-0.2, -0.15) is 0 Å². The largest absolute Gasteiger partial charge is 0.463 e. The molecule has 0 spiro atoms. The van der Waals surface area contributed by atoms with Gasteiger partial charge in [0, 0.05) is 10.9 Å². The Balaban J connectivity index is 2.17. The van der Waals surface area contributed by atoms with Crippen LogP contribution in [0.4, 0.5) is 4.39 Å². The van der Waals surface area contributed by atoms with Crippen molar-refractivity contribution in [1.29, 1.82) is 0 Å². The van der Waals surface area contributed by atoms with Crippen LogP contribution in [0.15, 0.2) is 41.8 Å². The molecule has 2 rings (SSSR count). The molecule has 1 heterocycles. The van der Waals surface area contributed by atoms with Gasteiger partial charge in [-0.3, -0.25) is 0 Å². The number of hydrogen-bond donors (Lipinski definition) is 1. The van der Waals surface area contributed by atoms with Gasteiger partial charge < -0.3 is 9.84 Å². The quantitative estimate of drug-likeness (QED) is 0.681. The Morgan fingerprint density at radius 3 is 2.76 bits per heavy atom. The number of carbonyl (C=O) groups is 1. The van der Waals surface area contributed by atoms with Crippen molar-refractivity contribution in [2.24, 2.45) is 0 Å². The standard InChI is InChI=1S/C15H14FNO3S/c1-3-20-15(19)9(2)13(18)12-8-21-14(17-12)10-4-6-11(16)7-5-10/h4-8,13,18H,2-3H2,1H3. The van der Waals surface area contributed by atoms with E-state index in [1.165, 1.54) is 23.5 Å². The summed E-state index contributed by atoms with van der Waals surface area (Å²) < 4.78 is 17.7. The number of carbonyl (C=O) groups excluding carboxylic acids is 1. The minimum Gasteiger partial charge on any atom is -0.463 e. The molecule has 21 heavy (non-hydrogen) atoms. The van der Waals surface area contributed by atoms with Gasteiger partial charge in [-0.15, -0.1) is 11.3 Å². The second-order valence-electron chi connectivity index (χ2n) is 4.23. The molecule has 1 aromatic heterocycles. The first-order chi connectivity index (χ1) is 10.0. The molecule has 0 aliphatic carbocycles. The zero-order valence-electron chi connectivity index (χ0n) is 11.4. The van der Waals surface area contributed by atoms with E-state index in [4.69, 9.17) is 4.74 Å². The Bertz CT molecular complexity index is 651. The smallest absolute Gasteiger partial charge is 0.336 e. The Morgan fingerprint density at radius 1 is 1.48 bits per heavy atom. The van der Waals surface area contributed by atoms with Crippen molar-refractivity contribution in [3.05, 3.63) is 53.3 Å². The normalized spacial score (nSPS) is 12.0. The minimum atomic E-state index is -1.21. The monoisotopic (exact) mass is 307 g/mol. The van der Waals surface area contributed by atoms with Crippen LogP contribution in [-0.4, -0.2) is 22.7 Å². The van der Waals surface area contributed by atoms with Crippen molar-refractivity contribution < 1.29 is 19.0 Å². The molecule has 0 amide bonds. The lowest BCUT2D eigenvalue weighted by atomic mass is 10.1. The number of thiazole rings is 1. The number of rotatable bonds is 5. The van der Waals surface area contributed by atoms with Gasteiger partial charge in [0.1, 0.15) is 16.9 Å². The number of aliphatic hydroxyl groups excluding tert-OH is 1. The molecule has 0 aliphatic heterocycles. The van der Waals surface area contributed by atoms with Crippen molar-refractivity contribution in [2.75, 3.05) is 6.61 Å². The lowest BCUT2D eigenvalue weighted by Crippen LogP contribution is -2.13. The van der Waals surface area contributed by atoms with Crippen molar-refractivity contribution in [3.63, 3.8) is 0 Å². The highest BCUT2D eigenvalue weighted by Gasteiger charge is 2.22. The fraction of sp³-hybridized carbons (Fsp3) is 0.200. The zero-order chi connectivity index (χ0) is 15.4. The highest BCUT2D eigenvalue weighted by molar-refractivity contribution is 7.13. The van der Waals surface area contributed by atoms with Gasteiger partial charge >= 0.3 is 5.97 Å². The number of aliphatic hydroxyl groups is 1. The molecule has 1 N–H and O–H groups in total. The molecule has 0 aliphatic rings. The van der Waals surface area contributed by atoms with Crippen molar-refractivity contribution in [1.82, 2.24) is 4.98 Å². The van der Waals surface area contributed by atoms with Gasteiger partial charge in [-0.25, -0.2) is 14.2 Å². The van der Waals surface area contributed by atoms with Crippen LogP contribution in [0.1, 0.15) is 18.7 Å². The summed E-state index contributed by atoms with van der Waals surface area (Å²) in [6.45, 7) is 5.42. The summed E-state index contributed by atoms with van der Waals surface area (Å²) >= 11 is 1.29. The van der Waals surface area contributed by atoms with Crippen LogP contribution in [0.2, 0.25) is 0 Å². The van der Waals surface area contributed by atoms with Crippen molar-refractivity contribution in [3.8, 4) is 10.6 Å². The van der Waals surface area contributed by atoms with Gasteiger partial charge in [0.15, 0.2) is 0 Å². The Labute approximate surface area is 125 Å². The Morgan fingerprint density at radius 2 is 2.14 bits per heavy atom. The van der Waals surface area contributed by atoms with Gasteiger partial charge in [-0.05, 0) is 31.2 Å². The average molecular weight is 307 g/mol. The SMILES string of the molecule is C=C(C(=O)OCC)C(O)c1csc(-c2ccc(F)cc2)n1. The summed E-state index contributed by atoms with van der Waals surface area (Å²) in [7, 11) is 0. The summed E-state index contributed by atoms with van der Waals surface area (Å²) in [5.41, 5.74) is 0.992. The summed E-state index contributed by atoms with van der Waals surface area (Å²) in [4.78, 5) is 15.8. The maximum atomic E-state index is 12.9. The first-order valence-corrected chi connectivity index (χ1v) is 7.16. The van der Waals surface area contributed by atoms with E-state index in [2.05, 4.69) is 11.6 Å². The number of ether oxygens (including phenoxy) is 1. The predicted molar refractivity (Wildman–Crippen MR) is 78.2 cm³/mol. The summed E-state index contributed by atoms with van der Waals surface area (Å²) in [5, 5.41) is 12.3. The first kappa shape index (κ1) is 15.3. The highest BCUT2D eigenvalue weighted by atomic mass is 32.1. The second-order valence-corrected chi connectivity index (χ2v) is 5.09. The molecule has 0 bridgehead atoms. The van der Waals surface area contributed by atoms with E-state index in [1.807, 2.05) is 0 Å². The van der Waals surface area contributed by atoms with Crippen LogP contribution < -0.4 is 0 Å². The average Bonchev–Trinajstić information content (AvgIpc) is 2.96. The maximum absolute atomic E-state index is 12.9. The maximum Gasteiger partial charge on any atom is 0.336 e. The molecular formula is C15H14FNO3S. The molecule has 2 aromatic rings. The Kier molecular flexibility index (Phi) is 4.82. The fourth-order valence-corrected chi connectivity index (χ4v) is 2.49. The fourth-order valence-electron chi connectivity index (χ4n) is 1.65. The molecule has 0 saturated carbocycles.